The smallest absolute Gasteiger partial charge is 0.140 e. The molecular weight excluding hydrogens is 475 g/mol. The van der Waals surface area contributed by atoms with Crippen molar-refractivity contribution < 1.29 is 9.13 Å². The van der Waals surface area contributed by atoms with E-state index in [1.54, 1.807) is 12.4 Å². The average Bonchev–Trinajstić information content (AvgIpc) is 3.57. The van der Waals surface area contributed by atoms with E-state index in [0.29, 0.717) is 29.0 Å². The van der Waals surface area contributed by atoms with Crippen LogP contribution >= 0.6 is 12.2 Å². The number of aromatic nitrogens is 3. The fourth-order valence-corrected chi connectivity index (χ4v) is 6.18. The second kappa shape index (κ2) is 8.33. The van der Waals surface area contributed by atoms with Crippen LogP contribution < -0.4 is 10.6 Å². The summed E-state index contributed by atoms with van der Waals surface area (Å²) in [5.74, 6) is 1.43. The lowest BCUT2D eigenvalue weighted by atomic mass is 9.89. The van der Waals surface area contributed by atoms with E-state index < -0.39 is 0 Å². The van der Waals surface area contributed by atoms with Crippen LogP contribution in [0.4, 0.5) is 15.9 Å². The van der Waals surface area contributed by atoms with Crippen molar-refractivity contribution >= 4 is 34.4 Å². The second-order valence-electron chi connectivity index (χ2n) is 9.87. The van der Waals surface area contributed by atoms with Crippen LogP contribution in [-0.2, 0) is 17.8 Å². The Bertz CT molecular complexity index is 1530. The maximum absolute atomic E-state index is 13.7. The Balaban J connectivity index is 1.27. The van der Waals surface area contributed by atoms with Crippen molar-refractivity contribution in [1.82, 2.24) is 24.6 Å². The van der Waals surface area contributed by atoms with Gasteiger partial charge in [-0.25, -0.2) is 14.4 Å². The van der Waals surface area contributed by atoms with Gasteiger partial charge in [0.15, 0.2) is 0 Å². The molecule has 0 amide bonds. The Morgan fingerprint density at radius 2 is 2.11 bits per heavy atom. The first-order chi connectivity index (χ1) is 17.5. The predicted molar refractivity (Wildman–Crippen MR) is 140 cm³/mol. The van der Waals surface area contributed by atoms with Crippen molar-refractivity contribution in [2.24, 2.45) is 5.92 Å². The lowest BCUT2D eigenvalue weighted by Crippen LogP contribution is -2.25. The van der Waals surface area contributed by atoms with Gasteiger partial charge in [0.1, 0.15) is 22.3 Å². The molecule has 182 valence electrons. The highest BCUT2D eigenvalue weighted by Crippen LogP contribution is 2.38. The number of nitrogens with zero attached hydrogens (tertiary/aromatic N) is 4. The van der Waals surface area contributed by atoms with Crippen LogP contribution in [0, 0.1) is 11.7 Å². The van der Waals surface area contributed by atoms with Gasteiger partial charge in [-0.3, -0.25) is 4.40 Å². The van der Waals surface area contributed by atoms with Crippen molar-refractivity contribution in [3.05, 3.63) is 77.0 Å². The number of hydrogen-bond donors (Lipinski definition) is 2. The number of ether oxygens (including phenoxy) is 1. The van der Waals surface area contributed by atoms with E-state index >= 15 is 0 Å². The molecule has 7 rings (SSSR count). The number of fused-ring (bicyclic) bond motifs is 5. The van der Waals surface area contributed by atoms with Gasteiger partial charge in [-0.1, -0.05) is 24.4 Å². The molecule has 1 saturated heterocycles. The molecule has 9 heteroatoms. The van der Waals surface area contributed by atoms with Crippen LogP contribution in [0.3, 0.4) is 0 Å². The summed E-state index contributed by atoms with van der Waals surface area (Å²) in [4.78, 5) is 12.5. The monoisotopic (exact) mass is 500 g/mol. The molecule has 3 aromatic heterocycles. The van der Waals surface area contributed by atoms with Gasteiger partial charge in [0, 0.05) is 54.9 Å². The number of rotatable bonds is 3. The lowest BCUT2D eigenvalue weighted by molar-refractivity contribution is 0.171. The number of thiocarbonyl (C=S) groups is 1. The molecule has 0 aliphatic carbocycles. The molecule has 3 aliphatic rings. The topological polar surface area (TPSA) is 66.7 Å². The molecule has 0 bridgehead atoms. The van der Waals surface area contributed by atoms with Gasteiger partial charge in [-0.15, -0.1) is 0 Å². The summed E-state index contributed by atoms with van der Waals surface area (Å²) in [5.41, 5.74) is 7.88. The van der Waals surface area contributed by atoms with Gasteiger partial charge in [0.05, 0.1) is 36.5 Å². The third kappa shape index (κ3) is 3.49. The van der Waals surface area contributed by atoms with Crippen molar-refractivity contribution in [1.29, 1.82) is 0 Å². The molecule has 6 heterocycles. The normalized spacial score (nSPS) is 21.1. The summed E-state index contributed by atoms with van der Waals surface area (Å²) >= 11 is 5.70. The fourth-order valence-electron chi connectivity index (χ4n) is 5.87. The van der Waals surface area contributed by atoms with Gasteiger partial charge in [-0.2, -0.15) is 0 Å². The highest BCUT2D eigenvalue weighted by molar-refractivity contribution is 7.80. The van der Waals surface area contributed by atoms with Gasteiger partial charge >= 0.3 is 0 Å². The number of benzene rings is 1. The number of imidazole rings is 1. The molecule has 1 fully saturated rings. The Kier molecular flexibility index (Phi) is 5.06. The minimum Gasteiger partial charge on any atom is -0.380 e. The van der Waals surface area contributed by atoms with Crippen LogP contribution in [0.2, 0.25) is 0 Å². The zero-order valence-corrected chi connectivity index (χ0v) is 20.6. The molecule has 3 aliphatic heterocycles. The molecule has 2 N–H and O–H groups in total. The first-order valence-electron chi connectivity index (χ1n) is 12.2. The number of nitrogens with one attached hydrogen (secondary N) is 2. The summed E-state index contributed by atoms with van der Waals surface area (Å²) in [6, 6.07) is 11.3. The molecular formula is C27H25FN6OS. The Labute approximate surface area is 213 Å². The number of anilines is 2. The van der Waals surface area contributed by atoms with Crippen LogP contribution in [0.5, 0.6) is 0 Å². The fraction of sp³-hybridized carbons (Fsp3) is 0.296. The van der Waals surface area contributed by atoms with Crippen LogP contribution in [0.15, 0.2) is 48.8 Å². The summed E-state index contributed by atoms with van der Waals surface area (Å²) < 4.78 is 21.4. The van der Waals surface area contributed by atoms with Gasteiger partial charge in [0.2, 0.25) is 0 Å². The van der Waals surface area contributed by atoms with Crippen LogP contribution in [-0.4, -0.2) is 51.1 Å². The summed E-state index contributed by atoms with van der Waals surface area (Å²) in [7, 11) is 2.15. The summed E-state index contributed by atoms with van der Waals surface area (Å²) in [6.45, 7) is 4.06. The van der Waals surface area contributed by atoms with Crippen LogP contribution in [0.1, 0.15) is 28.3 Å². The molecule has 0 saturated carbocycles. The molecule has 4 aromatic rings. The second-order valence-corrected chi connectivity index (χ2v) is 10.3. The molecule has 0 radical (unpaired) electrons. The largest absolute Gasteiger partial charge is 0.380 e. The lowest BCUT2D eigenvalue weighted by Gasteiger charge is -2.18. The number of hydrogen-bond acceptors (Lipinski definition) is 6. The van der Waals surface area contributed by atoms with E-state index in [0.717, 1.165) is 65.9 Å². The van der Waals surface area contributed by atoms with E-state index in [4.69, 9.17) is 21.9 Å². The number of pyridine rings is 2. The van der Waals surface area contributed by atoms with Gasteiger partial charge in [-0.05, 0) is 36.4 Å². The van der Waals surface area contributed by atoms with E-state index in [9.17, 15) is 4.39 Å². The quantitative estimate of drug-likeness (QED) is 0.408. The number of halogens is 1. The third-order valence-electron chi connectivity index (χ3n) is 7.55. The highest BCUT2D eigenvalue weighted by Gasteiger charge is 2.35. The van der Waals surface area contributed by atoms with Crippen molar-refractivity contribution in [3.8, 4) is 11.3 Å². The van der Waals surface area contributed by atoms with E-state index in [2.05, 4.69) is 45.8 Å². The molecule has 36 heavy (non-hydrogen) atoms. The zero-order valence-electron chi connectivity index (χ0n) is 19.8. The summed E-state index contributed by atoms with van der Waals surface area (Å²) in [5, 5.41) is 6.86. The molecule has 7 nitrogen and oxygen atoms in total. The maximum atomic E-state index is 13.7. The Hall–Kier alpha value is -3.40. The average molecular weight is 501 g/mol. The first-order valence-corrected chi connectivity index (χ1v) is 12.6. The summed E-state index contributed by atoms with van der Waals surface area (Å²) in [6.07, 6.45) is 3.49. The van der Waals surface area contributed by atoms with Crippen molar-refractivity contribution in [2.45, 2.75) is 19.0 Å². The minimum atomic E-state index is -0.303. The predicted octanol–water partition coefficient (Wildman–Crippen LogP) is 4.23. The zero-order chi connectivity index (χ0) is 24.4. The first kappa shape index (κ1) is 21.8. The Morgan fingerprint density at radius 3 is 3.03 bits per heavy atom. The third-order valence-corrected chi connectivity index (χ3v) is 7.90. The van der Waals surface area contributed by atoms with Crippen molar-refractivity contribution in [3.63, 3.8) is 0 Å². The molecule has 0 unspecified atom stereocenters. The van der Waals surface area contributed by atoms with E-state index in [-0.39, 0.29) is 5.82 Å². The van der Waals surface area contributed by atoms with E-state index in [1.807, 2.05) is 10.5 Å². The van der Waals surface area contributed by atoms with Gasteiger partial charge < -0.3 is 20.3 Å². The van der Waals surface area contributed by atoms with E-state index in [1.165, 1.54) is 17.7 Å². The maximum Gasteiger partial charge on any atom is 0.140 e. The molecule has 0 spiro atoms. The van der Waals surface area contributed by atoms with Crippen molar-refractivity contribution in [2.75, 3.05) is 32.1 Å². The minimum absolute atomic E-state index is 0.303. The molecule has 2 atom stereocenters. The highest BCUT2D eigenvalue weighted by atomic mass is 32.1. The van der Waals surface area contributed by atoms with Gasteiger partial charge in [0.25, 0.3) is 0 Å². The SMILES string of the molecule is CN1Cc2nc(Nc3ccc(-c4cnc5cc(F)ccn45)c4c3C(=S)NC4)ccc2[C@@H]2COC[C@@H]2C1. The Morgan fingerprint density at radius 1 is 1.19 bits per heavy atom. The standard InChI is InChI=1S/C27H25FN6OS/c1-33-11-15-13-35-14-20(15)17-3-5-24(32-22(17)12-33)31-21-4-2-18(19-9-30-27(36)26(19)21)23-10-29-25-8-16(28)6-7-34(23)25/h2-8,10,15,20H,9,11-14H2,1H3,(H,30,36)(H,31,32)/t15-,20+/m0/s1. The molecule has 1 aromatic carbocycles. The van der Waals surface area contributed by atoms with Crippen LogP contribution in [0.25, 0.3) is 16.9 Å².